The van der Waals surface area contributed by atoms with E-state index in [4.69, 9.17) is 4.74 Å². The van der Waals surface area contributed by atoms with E-state index in [1.165, 1.54) is 43.9 Å². The summed E-state index contributed by atoms with van der Waals surface area (Å²) in [6, 6.07) is 3.73. The third-order valence-electron chi connectivity index (χ3n) is 8.27. The van der Waals surface area contributed by atoms with Crippen LogP contribution in [0.3, 0.4) is 0 Å². The smallest absolute Gasteiger partial charge is 0.165 e. The number of carboxylic acid groups (broad SMARTS) is 1. The summed E-state index contributed by atoms with van der Waals surface area (Å²) in [4.78, 5) is 11.2. The number of benzene rings is 1. The summed E-state index contributed by atoms with van der Waals surface area (Å²) in [5.74, 6) is 3.03. The number of carbonyl (C=O) groups is 1. The molecule has 4 aliphatic carbocycles. The molecule has 5 rings (SSSR count). The van der Waals surface area contributed by atoms with Crippen molar-refractivity contribution in [1.82, 2.24) is 0 Å². The predicted octanol–water partition coefficient (Wildman–Crippen LogP) is 3.66. The molecule has 0 aromatic heterocycles. The van der Waals surface area contributed by atoms with Crippen molar-refractivity contribution < 1.29 is 19.0 Å². The summed E-state index contributed by atoms with van der Waals surface area (Å²) in [5, 5.41) is 11.2. The van der Waals surface area contributed by atoms with E-state index in [1.807, 2.05) is 0 Å². The van der Waals surface area contributed by atoms with Gasteiger partial charge in [-0.3, -0.25) is 0 Å². The molecule has 140 valence electrons. The molecule has 1 aromatic rings. The van der Waals surface area contributed by atoms with E-state index in [0.29, 0.717) is 11.8 Å². The normalized spacial score (nSPS) is 42.5. The van der Waals surface area contributed by atoms with Gasteiger partial charge in [0.05, 0.1) is 5.97 Å². The number of halogens is 1. The molecule has 4 heteroatoms. The molecule has 4 fully saturated rings. The molecule has 0 heterocycles. The summed E-state index contributed by atoms with van der Waals surface area (Å²) in [7, 11) is 0. The first-order chi connectivity index (χ1) is 12.4. The van der Waals surface area contributed by atoms with Gasteiger partial charge in [-0.2, -0.15) is 0 Å². The summed E-state index contributed by atoms with van der Waals surface area (Å²) < 4.78 is 20.9. The highest BCUT2D eigenvalue weighted by Crippen LogP contribution is 2.71. The first kappa shape index (κ1) is 16.6. The molecular weight excluding hydrogens is 331 g/mol. The van der Waals surface area contributed by atoms with Crippen molar-refractivity contribution in [2.45, 2.75) is 51.6 Å². The van der Waals surface area contributed by atoms with Crippen LogP contribution in [0.15, 0.2) is 18.2 Å². The van der Waals surface area contributed by atoms with Crippen LogP contribution < -0.4 is 9.84 Å². The first-order valence-corrected chi connectivity index (χ1v) is 10.1. The van der Waals surface area contributed by atoms with Crippen LogP contribution in [-0.2, 0) is 0 Å². The van der Waals surface area contributed by atoms with E-state index in [0.717, 1.165) is 30.1 Å². The fourth-order valence-electron chi connectivity index (χ4n) is 7.43. The lowest BCUT2D eigenvalue weighted by Gasteiger charge is -2.48. The number of hydrogen-bond donors (Lipinski definition) is 0. The third kappa shape index (κ3) is 2.07. The molecule has 0 aliphatic heterocycles. The van der Waals surface area contributed by atoms with E-state index < -0.39 is 11.8 Å². The van der Waals surface area contributed by atoms with E-state index in [1.54, 1.807) is 0 Å². The average molecular weight is 357 g/mol. The Balaban J connectivity index is 1.51. The van der Waals surface area contributed by atoms with Crippen molar-refractivity contribution in [3.05, 3.63) is 29.6 Å². The second-order valence-electron chi connectivity index (χ2n) is 9.44. The lowest BCUT2D eigenvalue weighted by atomic mass is 9.63. The minimum atomic E-state index is -1.30. The zero-order chi connectivity index (χ0) is 18.2. The van der Waals surface area contributed by atoms with Gasteiger partial charge in [0.25, 0.3) is 0 Å². The van der Waals surface area contributed by atoms with Gasteiger partial charge in [-0.05, 0) is 85.8 Å². The Bertz CT molecular complexity index is 760. The van der Waals surface area contributed by atoms with Gasteiger partial charge in [0.15, 0.2) is 11.6 Å². The minimum Gasteiger partial charge on any atom is -0.545 e. The fourth-order valence-corrected chi connectivity index (χ4v) is 7.43. The number of aromatic carboxylic acids is 1. The summed E-state index contributed by atoms with van der Waals surface area (Å²) >= 11 is 0. The summed E-state index contributed by atoms with van der Waals surface area (Å²) in [6.45, 7) is 4.34. The van der Waals surface area contributed by atoms with Gasteiger partial charge in [0.1, 0.15) is 5.60 Å². The number of carboxylic acids is 1. The topological polar surface area (TPSA) is 49.4 Å². The fraction of sp³-hybridized carbons (Fsp3) is 0.682. The van der Waals surface area contributed by atoms with Crippen LogP contribution >= 0.6 is 0 Å². The van der Waals surface area contributed by atoms with Crippen LogP contribution in [0.1, 0.15) is 56.3 Å². The highest BCUT2D eigenvalue weighted by Gasteiger charge is 2.68. The van der Waals surface area contributed by atoms with Gasteiger partial charge in [-0.1, -0.05) is 13.8 Å². The van der Waals surface area contributed by atoms with E-state index in [9.17, 15) is 14.3 Å². The maximum absolute atomic E-state index is 14.4. The molecular formula is C22H26FO3-. The Morgan fingerprint density at radius 2 is 1.92 bits per heavy atom. The molecule has 0 spiro atoms. The highest BCUT2D eigenvalue weighted by molar-refractivity contribution is 5.86. The first-order valence-electron chi connectivity index (χ1n) is 10.1. The van der Waals surface area contributed by atoms with Gasteiger partial charge < -0.3 is 14.6 Å². The van der Waals surface area contributed by atoms with E-state index >= 15 is 0 Å². The SMILES string of the molecule is CC(C)C1(Oc2cc(C(=O)[O-])ccc2F)CC2CC1C1C3CCC(C3)C21. The molecule has 0 amide bonds. The van der Waals surface area contributed by atoms with Crippen LogP contribution in [0, 0.1) is 47.2 Å². The number of ether oxygens (including phenoxy) is 1. The van der Waals surface area contributed by atoms with Crippen LogP contribution in [0.25, 0.3) is 0 Å². The van der Waals surface area contributed by atoms with Crippen LogP contribution in [0.2, 0.25) is 0 Å². The molecule has 4 saturated carbocycles. The maximum atomic E-state index is 14.4. The molecule has 0 saturated heterocycles. The van der Waals surface area contributed by atoms with Crippen molar-refractivity contribution in [1.29, 1.82) is 0 Å². The Morgan fingerprint density at radius 1 is 1.19 bits per heavy atom. The van der Waals surface area contributed by atoms with Crippen LogP contribution in [0.4, 0.5) is 4.39 Å². The highest BCUT2D eigenvalue weighted by atomic mass is 19.1. The Kier molecular flexibility index (Phi) is 3.48. The second kappa shape index (κ2) is 5.46. The molecule has 4 aliphatic rings. The van der Waals surface area contributed by atoms with Gasteiger partial charge >= 0.3 is 0 Å². The predicted molar refractivity (Wildman–Crippen MR) is 93.0 cm³/mol. The quantitative estimate of drug-likeness (QED) is 0.773. The monoisotopic (exact) mass is 357 g/mol. The summed E-state index contributed by atoms with van der Waals surface area (Å²) in [5.41, 5.74) is -0.400. The second-order valence-corrected chi connectivity index (χ2v) is 9.44. The largest absolute Gasteiger partial charge is 0.545 e. The average Bonchev–Trinajstić information content (AvgIpc) is 3.34. The van der Waals surface area contributed by atoms with E-state index in [-0.39, 0.29) is 22.8 Å². The lowest BCUT2D eigenvalue weighted by Crippen LogP contribution is -2.52. The molecule has 7 unspecified atom stereocenters. The molecule has 3 nitrogen and oxygen atoms in total. The van der Waals surface area contributed by atoms with Gasteiger partial charge in [-0.25, -0.2) is 4.39 Å². The third-order valence-corrected chi connectivity index (χ3v) is 8.27. The number of fused-ring (bicyclic) bond motifs is 9. The van der Waals surface area contributed by atoms with Gasteiger partial charge in [-0.15, -0.1) is 0 Å². The standard InChI is InChI=1S/C22H27FO3/c1-11(2)22(26-18-9-14(21(24)25)5-6-17(18)23)10-15-8-16(22)20-13-4-3-12(7-13)19(15)20/h5-6,9,11-13,15-16,19-20H,3-4,7-8,10H2,1-2H3,(H,24,25)/p-1. The van der Waals surface area contributed by atoms with Crippen molar-refractivity contribution in [3.63, 3.8) is 0 Å². The van der Waals surface area contributed by atoms with Crippen molar-refractivity contribution in [2.75, 3.05) is 0 Å². The molecule has 1 aromatic carbocycles. The summed E-state index contributed by atoms with van der Waals surface area (Å²) in [6.07, 6.45) is 6.30. The molecule has 0 N–H and O–H groups in total. The van der Waals surface area contributed by atoms with Gasteiger partial charge in [0, 0.05) is 11.5 Å². The molecule has 0 radical (unpaired) electrons. The van der Waals surface area contributed by atoms with Crippen molar-refractivity contribution >= 4 is 5.97 Å². The minimum absolute atomic E-state index is 0.0266. The van der Waals surface area contributed by atoms with Crippen LogP contribution in [-0.4, -0.2) is 11.6 Å². The van der Waals surface area contributed by atoms with Gasteiger partial charge in [0.2, 0.25) is 0 Å². The Morgan fingerprint density at radius 3 is 2.62 bits per heavy atom. The van der Waals surface area contributed by atoms with Crippen molar-refractivity contribution in [3.8, 4) is 5.75 Å². The Labute approximate surface area is 153 Å². The lowest BCUT2D eigenvalue weighted by molar-refractivity contribution is -0.255. The van der Waals surface area contributed by atoms with E-state index in [2.05, 4.69) is 13.8 Å². The molecule has 7 atom stereocenters. The number of carbonyl (C=O) groups excluding carboxylic acids is 1. The Hall–Kier alpha value is -1.58. The van der Waals surface area contributed by atoms with Crippen molar-refractivity contribution in [2.24, 2.45) is 41.4 Å². The number of hydrogen-bond acceptors (Lipinski definition) is 3. The molecule has 4 bridgehead atoms. The number of rotatable bonds is 4. The van der Waals surface area contributed by atoms with Crippen LogP contribution in [0.5, 0.6) is 5.75 Å². The molecule has 26 heavy (non-hydrogen) atoms. The maximum Gasteiger partial charge on any atom is 0.165 e. The zero-order valence-electron chi connectivity index (χ0n) is 15.4. The zero-order valence-corrected chi connectivity index (χ0v) is 15.4.